The number of hydrogen-bond acceptors (Lipinski definition) is 4. The zero-order chi connectivity index (χ0) is 45.4. The molecule has 9 rings (SSSR count). The van der Waals surface area contributed by atoms with Crippen LogP contribution >= 0.6 is 0 Å². The molecule has 7 aromatic rings. The number of carbonyl (C=O) groups is 1. The van der Waals surface area contributed by atoms with Gasteiger partial charge in [0.15, 0.2) is 0 Å². The lowest BCUT2D eigenvalue weighted by molar-refractivity contribution is -0.137. The van der Waals surface area contributed by atoms with Gasteiger partial charge in [0.1, 0.15) is 5.75 Å². The van der Waals surface area contributed by atoms with Gasteiger partial charge in [0.05, 0.1) is 29.4 Å². The van der Waals surface area contributed by atoms with Crippen molar-refractivity contribution in [2.24, 2.45) is 0 Å². The molecule has 2 aliphatic heterocycles. The molecule has 0 saturated heterocycles. The highest BCUT2D eigenvalue weighted by molar-refractivity contribution is 6.00. The second-order valence-electron chi connectivity index (χ2n) is 17.6. The molecule has 332 valence electrons. The number of H-pyrrole nitrogens is 2. The van der Waals surface area contributed by atoms with Gasteiger partial charge in [0, 0.05) is 50.7 Å². The number of aryl methyl sites for hydroxylation is 3. The normalized spacial score (nSPS) is 11.9. The van der Waals surface area contributed by atoms with E-state index in [1.54, 1.807) is 0 Å². The zero-order valence-electron chi connectivity index (χ0n) is 38.3. The lowest BCUT2D eigenvalue weighted by atomic mass is 9.99. The molecule has 0 saturated carbocycles. The SMILES string of the molecule is Cc1ccccc1-c1c2nc(c(-c3ccccc3C)c3ccc([nH]3)c(-c3ccccc3C)c3nc(c(-c4ccc(OCCCCCCCCCCCC(=O)O)cc4)c4ccc1[nH]4)C=C3)C=C2. The van der Waals surface area contributed by atoms with Crippen LogP contribution in [0.4, 0.5) is 0 Å². The third-order valence-corrected chi connectivity index (χ3v) is 12.9. The molecule has 0 radical (unpaired) electrons. The van der Waals surface area contributed by atoms with Crippen molar-refractivity contribution in [3.63, 3.8) is 0 Å². The van der Waals surface area contributed by atoms with Gasteiger partial charge in [-0.2, -0.15) is 0 Å². The maximum atomic E-state index is 10.7. The van der Waals surface area contributed by atoms with Gasteiger partial charge < -0.3 is 19.8 Å². The molecule has 0 atom stereocenters. The topological polar surface area (TPSA) is 104 Å². The Kier molecular flexibility index (Phi) is 13.5. The quantitative estimate of drug-likeness (QED) is 0.0791. The van der Waals surface area contributed by atoms with Gasteiger partial charge in [-0.15, -0.1) is 0 Å². The molecular weight excluding hydrogens is 813 g/mol. The molecular formula is C59H58N4O3. The molecule has 5 heterocycles. The lowest BCUT2D eigenvalue weighted by Gasteiger charge is -2.10. The molecule has 0 amide bonds. The van der Waals surface area contributed by atoms with Crippen LogP contribution in [0.25, 0.3) is 90.9 Å². The average molecular weight is 871 g/mol. The van der Waals surface area contributed by atoms with Crippen LogP contribution in [0.2, 0.25) is 0 Å². The molecule has 4 aromatic carbocycles. The van der Waals surface area contributed by atoms with E-state index in [9.17, 15) is 4.79 Å². The van der Waals surface area contributed by atoms with Crippen molar-refractivity contribution >= 4 is 52.3 Å². The Morgan fingerprint density at radius 3 is 1.23 bits per heavy atom. The zero-order valence-corrected chi connectivity index (χ0v) is 38.3. The summed E-state index contributed by atoms with van der Waals surface area (Å²) in [6.07, 6.45) is 18.8. The van der Waals surface area contributed by atoms with Crippen LogP contribution in [0, 0.1) is 20.8 Å². The highest BCUT2D eigenvalue weighted by Gasteiger charge is 2.20. The third kappa shape index (κ3) is 9.71. The van der Waals surface area contributed by atoms with Crippen LogP contribution in [0.3, 0.4) is 0 Å². The minimum Gasteiger partial charge on any atom is -0.494 e. The standard InChI is InChI=1S/C59H58N4O3/c1-39-19-12-15-22-44(39)57-49-32-30-47(60-49)56(42-26-28-43(29-27-42)66-38-18-10-8-6-4-5-7-9-11-25-55(64)65)48-31-33-50(61-48)58(45-23-16-13-20-40(45)2)52-35-37-54(63-52)59(53-36-34-51(57)62-53)46-24-17-14-21-41(46)3/h12-17,19-24,26-37,60,63H,4-11,18,25,38H2,1-3H3,(H,64,65). The molecule has 0 spiro atoms. The first-order chi connectivity index (χ1) is 32.3. The van der Waals surface area contributed by atoms with E-state index in [2.05, 4.69) is 176 Å². The molecule has 8 bridgehead atoms. The fourth-order valence-corrected chi connectivity index (χ4v) is 9.44. The molecule has 2 aliphatic rings. The fourth-order valence-electron chi connectivity index (χ4n) is 9.44. The molecule has 0 aliphatic carbocycles. The van der Waals surface area contributed by atoms with Crippen LogP contribution in [0.5, 0.6) is 5.75 Å². The lowest BCUT2D eigenvalue weighted by Crippen LogP contribution is -1.97. The van der Waals surface area contributed by atoms with E-state index in [1.165, 1.54) is 42.4 Å². The number of benzene rings is 4. The van der Waals surface area contributed by atoms with Crippen molar-refractivity contribution in [3.05, 3.63) is 161 Å². The Morgan fingerprint density at radius 2 is 0.818 bits per heavy atom. The van der Waals surface area contributed by atoms with Gasteiger partial charge in [0.2, 0.25) is 0 Å². The van der Waals surface area contributed by atoms with Crippen molar-refractivity contribution in [1.82, 2.24) is 19.9 Å². The number of unbranched alkanes of at least 4 members (excludes halogenated alkanes) is 8. The minimum atomic E-state index is -0.694. The maximum Gasteiger partial charge on any atom is 0.303 e. The molecule has 3 N–H and O–H groups in total. The van der Waals surface area contributed by atoms with Crippen molar-refractivity contribution in [1.29, 1.82) is 0 Å². The van der Waals surface area contributed by atoms with Gasteiger partial charge in [0.25, 0.3) is 0 Å². The van der Waals surface area contributed by atoms with E-state index in [0.717, 1.165) is 127 Å². The number of carboxylic acid groups (broad SMARTS) is 1. The number of ether oxygens (including phenoxy) is 1. The van der Waals surface area contributed by atoms with Gasteiger partial charge in [-0.1, -0.05) is 130 Å². The Hall–Kier alpha value is -7.25. The van der Waals surface area contributed by atoms with E-state index < -0.39 is 5.97 Å². The Labute approximate surface area is 388 Å². The van der Waals surface area contributed by atoms with E-state index in [0.29, 0.717) is 6.61 Å². The molecule has 3 aromatic heterocycles. The van der Waals surface area contributed by atoms with Crippen LogP contribution in [-0.4, -0.2) is 37.6 Å². The summed E-state index contributed by atoms with van der Waals surface area (Å²) in [4.78, 5) is 29.5. The van der Waals surface area contributed by atoms with E-state index in [1.807, 2.05) is 0 Å². The molecule has 0 unspecified atom stereocenters. The largest absolute Gasteiger partial charge is 0.494 e. The van der Waals surface area contributed by atoms with Gasteiger partial charge in [-0.3, -0.25) is 4.79 Å². The van der Waals surface area contributed by atoms with E-state index in [4.69, 9.17) is 19.8 Å². The number of aliphatic carboxylic acids is 1. The monoisotopic (exact) mass is 870 g/mol. The van der Waals surface area contributed by atoms with Crippen molar-refractivity contribution in [2.45, 2.75) is 85.0 Å². The summed E-state index contributed by atoms with van der Waals surface area (Å²) >= 11 is 0. The van der Waals surface area contributed by atoms with Gasteiger partial charge >= 0.3 is 5.97 Å². The Balaban J connectivity index is 1.14. The predicted molar refractivity (Wildman–Crippen MR) is 274 cm³/mol. The molecule has 0 fully saturated rings. The van der Waals surface area contributed by atoms with E-state index in [-0.39, 0.29) is 6.42 Å². The van der Waals surface area contributed by atoms with Crippen molar-refractivity contribution < 1.29 is 14.6 Å². The minimum absolute atomic E-state index is 0.283. The number of nitrogens with one attached hydrogen (secondary N) is 2. The van der Waals surface area contributed by atoms with Crippen LogP contribution < -0.4 is 4.74 Å². The molecule has 7 heteroatoms. The number of nitrogens with zero attached hydrogens (tertiary/aromatic N) is 2. The van der Waals surface area contributed by atoms with E-state index >= 15 is 0 Å². The second-order valence-corrected chi connectivity index (χ2v) is 17.6. The number of aromatic nitrogens is 4. The average Bonchev–Trinajstić information content (AvgIpc) is 4.17. The van der Waals surface area contributed by atoms with Gasteiger partial charge in [-0.05, 0) is 133 Å². The third-order valence-electron chi connectivity index (χ3n) is 12.9. The first-order valence-corrected chi connectivity index (χ1v) is 23.6. The summed E-state index contributed by atoms with van der Waals surface area (Å²) in [6.45, 7) is 7.17. The Bertz CT molecular complexity index is 3070. The Morgan fingerprint density at radius 1 is 0.455 bits per heavy atom. The smallest absolute Gasteiger partial charge is 0.303 e. The summed E-state index contributed by atoms with van der Waals surface area (Å²) in [5.41, 5.74) is 19.5. The molecule has 7 nitrogen and oxygen atoms in total. The van der Waals surface area contributed by atoms with Crippen molar-refractivity contribution in [2.75, 3.05) is 6.61 Å². The summed E-state index contributed by atoms with van der Waals surface area (Å²) in [7, 11) is 0. The van der Waals surface area contributed by atoms with Crippen LogP contribution in [0.1, 0.15) is 104 Å². The number of fused-ring (bicyclic) bond motifs is 8. The number of hydrogen-bond donors (Lipinski definition) is 3. The summed E-state index contributed by atoms with van der Waals surface area (Å²) in [5, 5.41) is 8.83. The fraction of sp³-hybridized carbons (Fsp3) is 0.237. The summed E-state index contributed by atoms with van der Waals surface area (Å²) in [5.74, 6) is 0.158. The second kappa shape index (κ2) is 20.3. The summed E-state index contributed by atoms with van der Waals surface area (Å²) < 4.78 is 6.27. The summed E-state index contributed by atoms with van der Waals surface area (Å²) in [6, 6.07) is 42.8. The number of carboxylic acids is 1. The van der Waals surface area contributed by atoms with Gasteiger partial charge in [-0.25, -0.2) is 9.97 Å². The van der Waals surface area contributed by atoms with Crippen LogP contribution in [0.15, 0.2) is 121 Å². The van der Waals surface area contributed by atoms with Crippen molar-refractivity contribution in [3.8, 4) is 50.3 Å². The van der Waals surface area contributed by atoms with Crippen LogP contribution in [-0.2, 0) is 4.79 Å². The molecule has 66 heavy (non-hydrogen) atoms. The maximum absolute atomic E-state index is 10.7. The highest BCUT2D eigenvalue weighted by Crippen LogP contribution is 2.40. The first-order valence-electron chi connectivity index (χ1n) is 23.6. The first kappa shape index (κ1) is 44.0. The number of rotatable bonds is 17. The highest BCUT2D eigenvalue weighted by atomic mass is 16.5. The number of aromatic amines is 2. The predicted octanol–water partition coefficient (Wildman–Crippen LogP) is 15.6.